The summed E-state index contributed by atoms with van der Waals surface area (Å²) in [6, 6.07) is 6.58. The molecule has 2 rings (SSSR count). The van der Waals surface area contributed by atoms with E-state index in [1.165, 1.54) is 40.4 Å². The van der Waals surface area contributed by atoms with Crippen molar-refractivity contribution in [1.82, 2.24) is 13.6 Å². The third kappa shape index (κ3) is 4.37. The number of aromatic nitrogens is 1. The summed E-state index contributed by atoms with van der Waals surface area (Å²) in [6.07, 6.45) is 3.87. The molecule has 24 heavy (non-hydrogen) atoms. The summed E-state index contributed by atoms with van der Waals surface area (Å²) >= 11 is 0. The normalized spacial score (nSPS) is 12.6. The van der Waals surface area contributed by atoms with Crippen molar-refractivity contribution >= 4 is 21.1 Å². The molecule has 1 aromatic heterocycles. The average molecular weight is 352 g/mol. The van der Waals surface area contributed by atoms with Crippen LogP contribution in [-0.2, 0) is 29.6 Å². The Morgan fingerprint density at radius 1 is 1.25 bits per heavy atom. The first kappa shape index (κ1) is 19.0. The maximum Gasteiger partial charge on any atom is 0.278 e. The van der Waals surface area contributed by atoms with E-state index in [1.807, 2.05) is 0 Å². The fourth-order valence-corrected chi connectivity index (χ4v) is 3.44. The van der Waals surface area contributed by atoms with Crippen LogP contribution in [0.15, 0.2) is 24.4 Å². The molecule has 0 aliphatic carbocycles. The van der Waals surface area contributed by atoms with Crippen LogP contribution in [0, 0.1) is 5.92 Å². The van der Waals surface area contributed by atoms with Crippen LogP contribution in [-0.4, -0.2) is 37.9 Å². The highest BCUT2D eigenvalue weighted by Crippen LogP contribution is 2.24. The van der Waals surface area contributed by atoms with Gasteiger partial charge in [0, 0.05) is 44.3 Å². The zero-order valence-electron chi connectivity index (χ0n) is 15.3. The second-order valence-electron chi connectivity index (χ2n) is 6.84. The van der Waals surface area contributed by atoms with Gasteiger partial charge in [-0.05, 0) is 36.0 Å². The molecular formula is C18H29N3O2S. The molecule has 1 aromatic carbocycles. The summed E-state index contributed by atoms with van der Waals surface area (Å²) in [5.74, 6) is 0.561. The smallest absolute Gasteiger partial charge is 0.278 e. The van der Waals surface area contributed by atoms with Gasteiger partial charge in [-0.2, -0.15) is 12.7 Å². The average Bonchev–Trinajstić information content (AvgIpc) is 2.83. The minimum atomic E-state index is -3.37. The molecule has 0 aliphatic heterocycles. The largest absolute Gasteiger partial charge is 0.347 e. The van der Waals surface area contributed by atoms with Gasteiger partial charge < -0.3 is 4.57 Å². The summed E-state index contributed by atoms with van der Waals surface area (Å²) in [7, 11) is -0.306. The van der Waals surface area contributed by atoms with Crippen molar-refractivity contribution in [2.75, 3.05) is 20.6 Å². The number of fused-ring (bicyclic) bond motifs is 1. The van der Waals surface area contributed by atoms with E-state index >= 15 is 0 Å². The van der Waals surface area contributed by atoms with Crippen molar-refractivity contribution in [1.29, 1.82) is 0 Å². The molecule has 0 saturated heterocycles. The first-order valence-corrected chi connectivity index (χ1v) is 9.96. The van der Waals surface area contributed by atoms with Gasteiger partial charge in [0.25, 0.3) is 10.2 Å². The number of nitrogens with zero attached hydrogens (tertiary/aromatic N) is 2. The van der Waals surface area contributed by atoms with Crippen molar-refractivity contribution < 1.29 is 8.42 Å². The van der Waals surface area contributed by atoms with E-state index in [-0.39, 0.29) is 0 Å². The van der Waals surface area contributed by atoms with Gasteiger partial charge in [0.05, 0.1) is 0 Å². The van der Waals surface area contributed by atoms with E-state index in [4.69, 9.17) is 0 Å². The highest BCUT2D eigenvalue weighted by molar-refractivity contribution is 7.87. The molecule has 134 valence electrons. The van der Waals surface area contributed by atoms with Gasteiger partial charge in [0.1, 0.15) is 0 Å². The summed E-state index contributed by atoms with van der Waals surface area (Å²) in [6.45, 7) is 7.94. The lowest BCUT2D eigenvalue weighted by Crippen LogP contribution is -2.36. The Morgan fingerprint density at radius 3 is 2.54 bits per heavy atom. The molecule has 0 bridgehead atoms. The van der Waals surface area contributed by atoms with Gasteiger partial charge in [-0.25, -0.2) is 4.72 Å². The van der Waals surface area contributed by atoms with Crippen LogP contribution < -0.4 is 4.72 Å². The van der Waals surface area contributed by atoms with Crippen LogP contribution >= 0.6 is 0 Å². The van der Waals surface area contributed by atoms with Crippen molar-refractivity contribution in [3.05, 3.63) is 35.5 Å². The zero-order chi connectivity index (χ0) is 17.9. The molecular weight excluding hydrogens is 322 g/mol. The molecule has 0 spiro atoms. The molecule has 2 aromatic rings. The molecule has 1 heterocycles. The van der Waals surface area contributed by atoms with Crippen molar-refractivity contribution in [2.24, 2.45) is 5.92 Å². The Labute approximate surface area is 145 Å². The lowest BCUT2D eigenvalue weighted by atomic mass is 10.1. The molecule has 6 heteroatoms. The van der Waals surface area contributed by atoms with Gasteiger partial charge in [0.2, 0.25) is 0 Å². The number of rotatable bonds is 8. The van der Waals surface area contributed by atoms with E-state index in [1.54, 1.807) is 0 Å². The lowest BCUT2D eigenvalue weighted by molar-refractivity contribution is 0.506. The molecule has 0 unspecified atom stereocenters. The Balaban J connectivity index is 2.26. The second-order valence-corrected chi connectivity index (χ2v) is 8.81. The number of benzene rings is 1. The molecule has 0 amide bonds. The quantitative estimate of drug-likeness (QED) is 0.795. The van der Waals surface area contributed by atoms with E-state index in [9.17, 15) is 8.42 Å². The van der Waals surface area contributed by atoms with Crippen molar-refractivity contribution in [3.63, 3.8) is 0 Å². The molecule has 1 N–H and O–H groups in total. The third-order valence-corrected chi connectivity index (χ3v) is 5.69. The van der Waals surface area contributed by atoms with Crippen LogP contribution in [0.25, 0.3) is 10.9 Å². The highest BCUT2D eigenvalue weighted by Gasteiger charge is 2.14. The molecule has 5 nitrogen and oxygen atoms in total. The number of hydrogen-bond acceptors (Lipinski definition) is 2. The SMILES string of the molecule is CCc1ccc2c(CCNS(=O)(=O)N(C)C)cn(CC(C)C)c2c1. The number of aryl methyl sites for hydroxylation is 1. The molecule has 0 saturated carbocycles. The summed E-state index contributed by atoms with van der Waals surface area (Å²) in [5.41, 5.74) is 3.76. The molecule has 0 aliphatic rings. The Morgan fingerprint density at radius 2 is 1.96 bits per heavy atom. The predicted octanol–water partition coefficient (Wildman–Crippen LogP) is 2.80. The fraction of sp³-hybridized carbons (Fsp3) is 0.556. The van der Waals surface area contributed by atoms with Gasteiger partial charge in [-0.1, -0.05) is 32.9 Å². The van der Waals surface area contributed by atoms with Gasteiger partial charge >= 0.3 is 0 Å². The first-order valence-electron chi connectivity index (χ1n) is 8.52. The predicted molar refractivity (Wildman–Crippen MR) is 100 cm³/mol. The second kappa shape index (κ2) is 7.68. The van der Waals surface area contributed by atoms with E-state index in [2.05, 4.69) is 54.5 Å². The Bertz CT molecular complexity index is 792. The van der Waals surface area contributed by atoms with Crippen LogP contribution in [0.4, 0.5) is 0 Å². The number of hydrogen-bond donors (Lipinski definition) is 1. The summed E-state index contributed by atoms with van der Waals surface area (Å²) in [4.78, 5) is 0. The van der Waals surface area contributed by atoms with Crippen LogP contribution in [0.1, 0.15) is 31.9 Å². The van der Waals surface area contributed by atoms with Crippen LogP contribution in [0.3, 0.4) is 0 Å². The summed E-state index contributed by atoms with van der Waals surface area (Å²) in [5, 5.41) is 1.22. The maximum atomic E-state index is 11.8. The highest BCUT2D eigenvalue weighted by atomic mass is 32.2. The minimum absolute atomic E-state index is 0.400. The van der Waals surface area contributed by atoms with E-state index < -0.39 is 10.2 Å². The molecule has 0 fully saturated rings. The first-order chi connectivity index (χ1) is 11.2. The van der Waals surface area contributed by atoms with Crippen LogP contribution in [0.2, 0.25) is 0 Å². The standard InChI is InChI=1S/C18H29N3O2S/c1-6-15-7-8-17-16(9-10-19-24(22,23)20(4)5)13-21(12-14(2)3)18(17)11-15/h7-8,11,13-14,19H,6,9-10,12H2,1-5H3. The van der Waals surface area contributed by atoms with Crippen molar-refractivity contribution in [3.8, 4) is 0 Å². The zero-order valence-corrected chi connectivity index (χ0v) is 16.2. The van der Waals surface area contributed by atoms with E-state index in [0.29, 0.717) is 18.9 Å². The monoisotopic (exact) mass is 351 g/mol. The minimum Gasteiger partial charge on any atom is -0.347 e. The van der Waals surface area contributed by atoms with Gasteiger partial charge in [0.15, 0.2) is 0 Å². The van der Waals surface area contributed by atoms with Gasteiger partial charge in [-0.3, -0.25) is 0 Å². The molecule has 0 radical (unpaired) electrons. The van der Waals surface area contributed by atoms with E-state index in [0.717, 1.165) is 13.0 Å². The Kier molecular flexibility index (Phi) is 6.06. The van der Waals surface area contributed by atoms with Gasteiger partial charge in [-0.15, -0.1) is 0 Å². The maximum absolute atomic E-state index is 11.8. The Hall–Kier alpha value is -1.37. The summed E-state index contributed by atoms with van der Waals surface area (Å²) < 4.78 is 29.8. The fourth-order valence-electron chi connectivity index (χ4n) is 2.82. The molecule has 0 atom stereocenters. The lowest BCUT2D eigenvalue weighted by Gasteiger charge is -2.11. The number of nitrogens with one attached hydrogen (secondary N) is 1. The topological polar surface area (TPSA) is 54.3 Å². The van der Waals surface area contributed by atoms with Crippen molar-refractivity contribution in [2.45, 2.75) is 40.2 Å². The third-order valence-electron chi connectivity index (χ3n) is 4.16. The van der Waals surface area contributed by atoms with Crippen LogP contribution in [0.5, 0.6) is 0 Å².